The number of anilines is 1. The van der Waals surface area contributed by atoms with Crippen LogP contribution in [0.25, 0.3) is 0 Å². The molecular weight excluding hydrogens is 336 g/mol. The lowest BCUT2D eigenvalue weighted by molar-refractivity contribution is -0.139. The number of nitrogens with one attached hydrogen (secondary N) is 1. The Morgan fingerprint density at radius 1 is 1.12 bits per heavy atom. The van der Waals surface area contributed by atoms with Gasteiger partial charge >= 0.3 is 11.9 Å². The molecule has 1 aromatic rings. The number of carbonyl (C=O) groups excluding carboxylic acids is 3. The highest BCUT2D eigenvalue weighted by molar-refractivity contribution is 6.07. The van der Waals surface area contributed by atoms with E-state index in [9.17, 15) is 14.4 Å². The van der Waals surface area contributed by atoms with Crippen molar-refractivity contribution in [1.29, 1.82) is 0 Å². The molecule has 0 bridgehead atoms. The predicted molar refractivity (Wildman–Crippen MR) is 94.2 cm³/mol. The number of allylic oxidation sites excluding steroid dienone is 2. The molecule has 7 nitrogen and oxygen atoms in total. The van der Waals surface area contributed by atoms with Crippen molar-refractivity contribution in [1.82, 2.24) is 5.32 Å². The van der Waals surface area contributed by atoms with E-state index in [2.05, 4.69) is 5.32 Å². The van der Waals surface area contributed by atoms with E-state index in [1.807, 2.05) is 6.92 Å². The van der Waals surface area contributed by atoms with Crippen molar-refractivity contribution >= 4 is 23.5 Å². The lowest BCUT2D eigenvalue weighted by Gasteiger charge is -2.26. The normalized spacial score (nSPS) is 15.5. The minimum Gasteiger partial charge on any atom is -0.465 e. The van der Waals surface area contributed by atoms with E-state index in [0.717, 1.165) is 11.1 Å². The Balaban J connectivity index is 2.28. The van der Waals surface area contributed by atoms with E-state index in [1.165, 1.54) is 20.3 Å². The van der Waals surface area contributed by atoms with Crippen molar-refractivity contribution in [2.45, 2.75) is 13.5 Å². The van der Waals surface area contributed by atoms with Gasteiger partial charge in [0.05, 0.1) is 25.5 Å². The molecule has 1 amide bonds. The van der Waals surface area contributed by atoms with E-state index in [4.69, 9.17) is 9.47 Å². The molecule has 0 radical (unpaired) electrons. The first-order valence-electron chi connectivity index (χ1n) is 7.95. The van der Waals surface area contributed by atoms with E-state index < -0.39 is 11.9 Å². The fourth-order valence-electron chi connectivity index (χ4n) is 3.08. The molecule has 0 saturated carbocycles. The van der Waals surface area contributed by atoms with Crippen LogP contribution in [0.3, 0.4) is 0 Å². The summed E-state index contributed by atoms with van der Waals surface area (Å²) in [7, 11) is 2.49. The molecule has 0 fully saturated rings. The summed E-state index contributed by atoms with van der Waals surface area (Å²) in [6.07, 6.45) is 6.49. The van der Waals surface area contributed by atoms with Crippen molar-refractivity contribution < 1.29 is 23.9 Å². The quantitative estimate of drug-likeness (QED) is 0.832. The Morgan fingerprint density at radius 3 is 2.54 bits per heavy atom. The molecule has 1 N–H and O–H groups in total. The SMILES string of the molecule is COC(=O)C1=C(C(=O)OC)N(c2c(C)ccc3c2CNC3=O)C=CC=C1. The van der Waals surface area contributed by atoms with Gasteiger partial charge in [0.1, 0.15) is 5.70 Å². The van der Waals surface area contributed by atoms with Crippen molar-refractivity contribution in [3.63, 3.8) is 0 Å². The van der Waals surface area contributed by atoms with Gasteiger partial charge in [-0.2, -0.15) is 0 Å². The molecule has 26 heavy (non-hydrogen) atoms. The van der Waals surface area contributed by atoms with Crippen LogP contribution in [-0.4, -0.2) is 32.1 Å². The monoisotopic (exact) mass is 354 g/mol. The lowest BCUT2D eigenvalue weighted by atomic mass is 10.0. The average molecular weight is 354 g/mol. The summed E-state index contributed by atoms with van der Waals surface area (Å²) in [6.45, 7) is 2.21. The van der Waals surface area contributed by atoms with Crippen LogP contribution >= 0.6 is 0 Å². The van der Waals surface area contributed by atoms with Crippen LogP contribution < -0.4 is 10.2 Å². The largest absolute Gasteiger partial charge is 0.465 e. The Labute approximate surface area is 150 Å². The maximum Gasteiger partial charge on any atom is 0.355 e. The number of nitrogens with zero attached hydrogens (tertiary/aromatic N) is 1. The summed E-state index contributed by atoms with van der Waals surface area (Å²) in [4.78, 5) is 38.4. The maximum absolute atomic E-state index is 12.5. The summed E-state index contributed by atoms with van der Waals surface area (Å²) in [6, 6.07) is 3.55. The minimum absolute atomic E-state index is 0.0280. The number of ether oxygens (including phenoxy) is 2. The molecule has 0 unspecified atom stereocenters. The van der Waals surface area contributed by atoms with E-state index in [-0.39, 0.29) is 17.2 Å². The van der Waals surface area contributed by atoms with Crippen LogP contribution in [0.2, 0.25) is 0 Å². The van der Waals surface area contributed by atoms with Crippen LogP contribution in [0.1, 0.15) is 21.5 Å². The van der Waals surface area contributed by atoms with Crippen molar-refractivity contribution in [2.24, 2.45) is 0 Å². The van der Waals surface area contributed by atoms with Crippen molar-refractivity contribution in [3.8, 4) is 0 Å². The predicted octanol–water partition coefficient (Wildman–Crippen LogP) is 1.73. The van der Waals surface area contributed by atoms with Crippen LogP contribution in [0.15, 0.2) is 47.8 Å². The molecule has 7 heteroatoms. The van der Waals surface area contributed by atoms with Gasteiger partial charge in [-0.05, 0) is 30.7 Å². The van der Waals surface area contributed by atoms with Gasteiger partial charge in [-0.1, -0.05) is 12.1 Å². The van der Waals surface area contributed by atoms with Gasteiger partial charge in [0.2, 0.25) is 0 Å². The van der Waals surface area contributed by atoms with Crippen molar-refractivity contribution in [3.05, 3.63) is 64.5 Å². The van der Waals surface area contributed by atoms with Crippen LogP contribution in [0, 0.1) is 6.92 Å². The van der Waals surface area contributed by atoms with Crippen LogP contribution in [-0.2, 0) is 25.6 Å². The summed E-state index contributed by atoms with van der Waals surface area (Å²) < 4.78 is 9.72. The zero-order valence-corrected chi connectivity index (χ0v) is 14.7. The number of rotatable bonds is 3. The van der Waals surface area contributed by atoms with Crippen molar-refractivity contribution in [2.75, 3.05) is 19.1 Å². The zero-order valence-electron chi connectivity index (χ0n) is 14.7. The summed E-state index contributed by atoms with van der Waals surface area (Å²) >= 11 is 0. The fourth-order valence-corrected chi connectivity index (χ4v) is 3.08. The van der Waals surface area contributed by atoms with E-state index in [0.29, 0.717) is 17.8 Å². The highest BCUT2D eigenvalue weighted by Crippen LogP contribution is 2.35. The number of amides is 1. The fraction of sp³-hybridized carbons (Fsp3) is 0.211. The first kappa shape index (κ1) is 17.5. The third kappa shape index (κ3) is 2.77. The van der Waals surface area contributed by atoms with Gasteiger partial charge in [-0.25, -0.2) is 9.59 Å². The molecule has 0 saturated heterocycles. The van der Waals surface area contributed by atoms with Crippen LogP contribution in [0.4, 0.5) is 5.69 Å². The van der Waals surface area contributed by atoms with Gasteiger partial charge in [-0.15, -0.1) is 0 Å². The second-order valence-electron chi connectivity index (χ2n) is 5.76. The standard InChI is InChI=1S/C19H18N2O5/c1-11-7-8-12-14(10-20-17(12)22)15(11)21-9-5-4-6-13(18(23)25-2)16(21)19(24)26-3/h4-9H,10H2,1-3H3,(H,20,22). The Morgan fingerprint density at radius 2 is 1.85 bits per heavy atom. The van der Waals surface area contributed by atoms with Gasteiger partial charge < -0.3 is 19.7 Å². The number of esters is 2. The summed E-state index contributed by atoms with van der Waals surface area (Å²) in [5.41, 5.74) is 2.89. The smallest absolute Gasteiger partial charge is 0.355 e. The Bertz CT molecular complexity index is 895. The Kier molecular flexibility index (Phi) is 4.62. The topological polar surface area (TPSA) is 84.9 Å². The van der Waals surface area contributed by atoms with Gasteiger partial charge in [0, 0.05) is 23.9 Å². The number of aryl methyl sites for hydroxylation is 1. The van der Waals surface area contributed by atoms with Crippen LogP contribution in [0.5, 0.6) is 0 Å². The second-order valence-corrected chi connectivity index (χ2v) is 5.76. The van der Waals surface area contributed by atoms with Gasteiger partial charge in [0.15, 0.2) is 0 Å². The molecule has 0 aromatic heterocycles. The summed E-state index contributed by atoms with van der Waals surface area (Å²) in [5, 5.41) is 2.78. The third-order valence-corrected chi connectivity index (χ3v) is 4.28. The first-order chi connectivity index (χ1) is 12.5. The molecule has 2 aliphatic heterocycles. The van der Waals surface area contributed by atoms with Gasteiger partial charge in [-0.3, -0.25) is 4.79 Å². The molecule has 0 aliphatic carbocycles. The Hall–Kier alpha value is -3.35. The number of carbonyl (C=O) groups is 3. The molecule has 2 aliphatic rings. The van der Waals surface area contributed by atoms with E-state index >= 15 is 0 Å². The first-order valence-corrected chi connectivity index (χ1v) is 7.95. The second kappa shape index (κ2) is 6.87. The molecule has 1 aromatic carbocycles. The van der Waals surface area contributed by atoms with E-state index in [1.54, 1.807) is 35.4 Å². The summed E-state index contributed by atoms with van der Waals surface area (Å²) in [5.74, 6) is -1.51. The number of benzene rings is 1. The maximum atomic E-state index is 12.5. The zero-order chi connectivity index (χ0) is 18.8. The number of methoxy groups -OCH3 is 2. The molecule has 0 atom stereocenters. The third-order valence-electron chi connectivity index (χ3n) is 4.28. The molecule has 2 heterocycles. The molecule has 134 valence electrons. The molecular formula is C19H18N2O5. The lowest BCUT2D eigenvalue weighted by Crippen LogP contribution is -2.28. The highest BCUT2D eigenvalue weighted by atomic mass is 16.5. The number of hydrogen-bond acceptors (Lipinski definition) is 6. The number of hydrogen-bond donors (Lipinski definition) is 1. The van der Waals surface area contributed by atoms with Gasteiger partial charge in [0.25, 0.3) is 5.91 Å². The minimum atomic E-state index is -0.684. The molecule has 3 rings (SSSR count). The molecule has 0 spiro atoms. The number of fused-ring (bicyclic) bond motifs is 1. The average Bonchev–Trinajstić information content (AvgIpc) is 2.88. The highest BCUT2D eigenvalue weighted by Gasteiger charge is 2.32.